The summed E-state index contributed by atoms with van der Waals surface area (Å²) >= 11 is 0. The van der Waals surface area contributed by atoms with Crippen molar-refractivity contribution >= 4 is 22.9 Å². The van der Waals surface area contributed by atoms with Gasteiger partial charge in [0.1, 0.15) is 12.1 Å². The summed E-state index contributed by atoms with van der Waals surface area (Å²) in [4.78, 5) is 14.4. The number of aldehydes is 1. The van der Waals surface area contributed by atoms with Crippen LogP contribution in [0.5, 0.6) is 0 Å². The summed E-state index contributed by atoms with van der Waals surface area (Å²) in [6.45, 7) is 0. The molecule has 0 saturated carbocycles. The third-order valence-corrected chi connectivity index (χ3v) is 1.90. The Hall–Kier alpha value is -1.90. The molecule has 0 aliphatic heterocycles. The Balaban J connectivity index is 2.74. The van der Waals surface area contributed by atoms with Crippen LogP contribution in [0.25, 0.3) is 10.8 Å². The molecule has 0 aliphatic rings. The van der Waals surface area contributed by atoms with Gasteiger partial charge in [0.05, 0.1) is 0 Å². The third-order valence-electron chi connectivity index (χ3n) is 1.90. The predicted molar refractivity (Wildman–Crippen MR) is 51.5 cm³/mol. The Morgan fingerprint density at radius 3 is 2.85 bits per heavy atom. The van der Waals surface area contributed by atoms with Gasteiger partial charge in [-0.1, -0.05) is 12.1 Å². The first-order valence-corrected chi connectivity index (χ1v) is 3.90. The highest BCUT2D eigenvalue weighted by Crippen LogP contribution is 2.15. The second-order valence-electron chi connectivity index (χ2n) is 2.83. The Morgan fingerprint density at radius 1 is 1.23 bits per heavy atom. The zero-order chi connectivity index (χ0) is 9.26. The first kappa shape index (κ1) is 7.73. The van der Waals surface area contributed by atoms with E-state index in [9.17, 15) is 4.79 Å². The van der Waals surface area contributed by atoms with Crippen LogP contribution in [0.4, 0.5) is 5.82 Å². The number of aromatic nitrogens is 1. The van der Waals surface area contributed by atoms with Gasteiger partial charge < -0.3 is 5.73 Å². The lowest BCUT2D eigenvalue weighted by molar-refractivity contribution is 0.112. The van der Waals surface area contributed by atoms with Crippen LogP contribution in [0.1, 0.15) is 10.4 Å². The number of carbonyl (C=O) groups is 1. The van der Waals surface area contributed by atoms with E-state index in [2.05, 4.69) is 4.98 Å². The second kappa shape index (κ2) is 2.86. The maximum Gasteiger partial charge on any atom is 0.150 e. The Kier molecular flexibility index (Phi) is 1.70. The lowest BCUT2D eigenvalue weighted by Gasteiger charge is -1.98. The largest absolute Gasteiger partial charge is 0.384 e. The minimum Gasteiger partial charge on any atom is -0.384 e. The fraction of sp³-hybridized carbons (Fsp3) is 0. The number of nitrogen functional groups attached to an aromatic ring is 1. The van der Waals surface area contributed by atoms with E-state index in [1.807, 2.05) is 6.07 Å². The van der Waals surface area contributed by atoms with Gasteiger partial charge in [-0.05, 0) is 17.5 Å². The standard InChI is InChI=1S/C10H8N2O/c11-10-4-9-3-7(6-13)1-2-8(9)5-12-10/h1-6H,(H2,11,12). The Labute approximate surface area is 75.2 Å². The molecule has 13 heavy (non-hydrogen) atoms. The minimum absolute atomic E-state index is 0.468. The summed E-state index contributed by atoms with van der Waals surface area (Å²) in [5.41, 5.74) is 6.17. The zero-order valence-electron chi connectivity index (χ0n) is 6.90. The van der Waals surface area contributed by atoms with Gasteiger partial charge in [0.2, 0.25) is 0 Å². The van der Waals surface area contributed by atoms with Crippen LogP contribution in [0.2, 0.25) is 0 Å². The maximum atomic E-state index is 10.5. The first-order chi connectivity index (χ1) is 6.29. The molecule has 2 rings (SSSR count). The number of rotatable bonds is 1. The second-order valence-corrected chi connectivity index (χ2v) is 2.83. The summed E-state index contributed by atoms with van der Waals surface area (Å²) in [5, 5.41) is 1.93. The summed E-state index contributed by atoms with van der Waals surface area (Å²) in [6.07, 6.45) is 2.51. The molecule has 2 aromatic rings. The van der Waals surface area contributed by atoms with Crippen molar-refractivity contribution in [2.45, 2.75) is 0 Å². The molecule has 0 spiro atoms. The quantitative estimate of drug-likeness (QED) is 0.665. The van der Waals surface area contributed by atoms with Gasteiger partial charge in [-0.25, -0.2) is 4.98 Å². The molecular weight excluding hydrogens is 164 g/mol. The molecule has 0 aliphatic carbocycles. The number of hydrogen-bond donors (Lipinski definition) is 1. The van der Waals surface area contributed by atoms with Crippen molar-refractivity contribution in [2.75, 3.05) is 5.73 Å². The highest BCUT2D eigenvalue weighted by molar-refractivity contribution is 5.89. The summed E-state index contributed by atoms with van der Waals surface area (Å²) in [5.74, 6) is 0.468. The minimum atomic E-state index is 0.468. The number of anilines is 1. The van der Waals surface area contributed by atoms with E-state index >= 15 is 0 Å². The molecule has 64 valence electrons. The first-order valence-electron chi connectivity index (χ1n) is 3.90. The number of pyridine rings is 1. The molecule has 2 N–H and O–H groups in total. The molecule has 1 aromatic carbocycles. The van der Waals surface area contributed by atoms with Crippen molar-refractivity contribution in [2.24, 2.45) is 0 Å². The number of benzene rings is 1. The average molecular weight is 172 g/mol. The smallest absolute Gasteiger partial charge is 0.150 e. The average Bonchev–Trinajstić information content (AvgIpc) is 2.16. The van der Waals surface area contributed by atoms with E-state index in [-0.39, 0.29) is 0 Å². The van der Waals surface area contributed by atoms with Crippen LogP contribution >= 0.6 is 0 Å². The molecule has 0 bridgehead atoms. The molecule has 1 heterocycles. The molecule has 0 unspecified atom stereocenters. The van der Waals surface area contributed by atoms with Crippen LogP contribution in [0.15, 0.2) is 30.5 Å². The molecule has 0 radical (unpaired) electrons. The van der Waals surface area contributed by atoms with Gasteiger partial charge in [0.25, 0.3) is 0 Å². The van der Waals surface area contributed by atoms with Crippen LogP contribution in [-0.4, -0.2) is 11.3 Å². The molecule has 0 atom stereocenters. The zero-order valence-corrected chi connectivity index (χ0v) is 6.90. The lowest BCUT2D eigenvalue weighted by Crippen LogP contribution is -1.89. The van der Waals surface area contributed by atoms with Crippen molar-refractivity contribution in [3.63, 3.8) is 0 Å². The topological polar surface area (TPSA) is 56.0 Å². The van der Waals surface area contributed by atoms with Crippen molar-refractivity contribution in [3.05, 3.63) is 36.0 Å². The monoisotopic (exact) mass is 172 g/mol. The number of carbonyl (C=O) groups excluding carboxylic acids is 1. The Morgan fingerprint density at radius 2 is 2.08 bits per heavy atom. The van der Waals surface area contributed by atoms with E-state index in [1.165, 1.54) is 0 Å². The number of hydrogen-bond acceptors (Lipinski definition) is 3. The normalized spacial score (nSPS) is 10.2. The lowest BCUT2D eigenvalue weighted by atomic mass is 10.1. The molecule has 3 nitrogen and oxygen atoms in total. The van der Waals surface area contributed by atoms with E-state index in [4.69, 9.17) is 5.73 Å². The molecule has 0 amide bonds. The SMILES string of the molecule is Nc1cc2cc(C=O)ccc2cn1. The molecule has 1 aromatic heterocycles. The fourth-order valence-corrected chi connectivity index (χ4v) is 1.25. The van der Waals surface area contributed by atoms with Crippen LogP contribution in [0, 0.1) is 0 Å². The van der Waals surface area contributed by atoms with Gasteiger partial charge in [-0.3, -0.25) is 4.79 Å². The van der Waals surface area contributed by atoms with Crippen molar-refractivity contribution < 1.29 is 4.79 Å². The highest BCUT2D eigenvalue weighted by atomic mass is 16.1. The third kappa shape index (κ3) is 1.36. The number of fused-ring (bicyclic) bond motifs is 1. The summed E-state index contributed by atoms with van der Waals surface area (Å²) in [7, 11) is 0. The highest BCUT2D eigenvalue weighted by Gasteiger charge is 1.96. The van der Waals surface area contributed by atoms with Crippen molar-refractivity contribution in [1.82, 2.24) is 4.98 Å². The van der Waals surface area contributed by atoms with E-state index in [1.54, 1.807) is 24.4 Å². The van der Waals surface area contributed by atoms with Gasteiger partial charge >= 0.3 is 0 Å². The summed E-state index contributed by atoms with van der Waals surface area (Å²) < 4.78 is 0. The molecule has 0 fully saturated rings. The van der Waals surface area contributed by atoms with Crippen molar-refractivity contribution in [1.29, 1.82) is 0 Å². The fourth-order valence-electron chi connectivity index (χ4n) is 1.25. The van der Waals surface area contributed by atoms with Crippen LogP contribution in [0.3, 0.4) is 0 Å². The van der Waals surface area contributed by atoms with E-state index in [0.29, 0.717) is 11.4 Å². The van der Waals surface area contributed by atoms with Gasteiger partial charge in [0.15, 0.2) is 0 Å². The molecule has 0 saturated heterocycles. The van der Waals surface area contributed by atoms with Gasteiger partial charge in [0, 0.05) is 17.1 Å². The molecule has 3 heteroatoms. The van der Waals surface area contributed by atoms with Gasteiger partial charge in [-0.15, -0.1) is 0 Å². The predicted octanol–water partition coefficient (Wildman–Crippen LogP) is 1.63. The van der Waals surface area contributed by atoms with Crippen LogP contribution in [-0.2, 0) is 0 Å². The van der Waals surface area contributed by atoms with E-state index < -0.39 is 0 Å². The summed E-state index contributed by atoms with van der Waals surface area (Å²) in [6, 6.07) is 7.15. The van der Waals surface area contributed by atoms with Gasteiger partial charge in [-0.2, -0.15) is 0 Å². The molecular formula is C10H8N2O. The van der Waals surface area contributed by atoms with Crippen molar-refractivity contribution in [3.8, 4) is 0 Å². The maximum absolute atomic E-state index is 10.5. The van der Waals surface area contributed by atoms with Crippen LogP contribution < -0.4 is 5.73 Å². The Bertz CT molecular complexity index is 465. The van der Waals surface area contributed by atoms with E-state index in [0.717, 1.165) is 17.1 Å². The number of nitrogens with two attached hydrogens (primary N) is 1. The number of nitrogens with zero attached hydrogens (tertiary/aromatic N) is 1.